The Labute approximate surface area is 171 Å². The lowest BCUT2D eigenvalue weighted by molar-refractivity contribution is -0.139. The van der Waals surface area contributed by atoms with Crippen LogP contribution >= 0.6 is 0 Å². The van der Waals surface area contributed by atoms with E-state index in [9.17, 15) is 9.59 Å². The molecule has 0 aliphatic carbocycles. The molecular weight excluding hydrogens is 368 g/mol. The highest BCUT2D eigenvalue weighted by atomic mass is 16.2. The van der Waals surface area contributed by atoms with Gasteiger partial charge in [-0.05, 0) is 31.6 Å². The molecule has 0 spiro atoms. The first-order valence-corrected chi connectivity index (χ1v) is 10.3. The average molecular weight is 396 g/mol. The number of aryl methyl sites for hydroxylation is 1. The third kappa shape index (κ3) is 4.31. The number of nitrogens with zero attached hydrogens (tertiary/aromatic N) is 6. The Hall–Kier alpha value is -2.77. The standard InChI is InChI=1S/C21H28N6O2/c1-15(28)26-8-4-17(5-9-26)21(29)27-7-3-16(14-27)11-18-12-24-19(13-23-18)20-22-6-10-25(20)2/h6,10,12-13,16-17H,3-5,7-9,11,14H2,1-2H3/t16-/m1/s1. The Morgan fingerprint density at radius 1 is 1.03 bits per heavy atom. The molecule has 154 valence electrons. The molecule has 4 rings (SSSR count). The van der Waals surface area contributed by atoms with Crippen LogP contribution in [0.15, 0.2) is 24.8 Å². The lowest BCUT2D eigenvalue weighted by Gasteiger charge is -2.32. The second kappa shape index (κ2) is 8.31. The van der Waals surface area contributed by atoms with Crippen LogP contribution in [0.25, 0.3) is 11.5 Å². The lowest BCUT2D eigenvalue weighted by Crippen LogP contribution is -2.43. The van der Waals surface area contributed by atoms with Gasteiger partial charge in [-0.15, -0.1) is 0 Å². The van der Waals surface area contributed by atoms with Crippen molar-refractivity contribution in [2.24, 2.45) is 18.9 Å². The predicted molar refractivity (Wildman–Crippen MR) is 108 cm³/mol. The summed E-state index contributed by atoms with van der Waals surface area (Å²) in [5, 5.41) is 0. The second-order valence-electron chi connectivity index (χ2n) is 8.18. The maximum atomic E-state index is 12.9. The maximum absolute atomic E-state index is 12.9. The van der Waals surface area contributed by atoms with Gasteiger partial charge in [-0.3, -0.25) is 14.6 Å². The minimum absolute atomic E-state index is 0.0567. The molecule has 0 unspecified atom stereocenters. The highest BCUT2D eigenvalue weighted by Gasteiger charge is 2.33. The molecule has 2 saturated heterocycles. The summed E-state index contributed by atoms with van der Waals surface area (Å²) in [5.41, 5.74) is 1.72. The zero-order valence-electron chi connectivity index (χ0n) is 17.1. The molecule has 0 aromatic carbocycles. The smallest absolute Gasteiger partial charge is 0.225 e. The molecule has 2 aromatic heterocycles. The summed E-state index contributed by atoms with van der Waals surface area (Å²) in [5.74, 6) is 1.64. The van der Waals surface area contributed by atoms with E-state index in [0.717, 1.165) is 56.0 Å². The fourth-order valence-corrected chi connectivity index (χ4v) is 4.38. The first-order valence-electron chi connectivity index (χ1n) is 10.3. The van der Waals surface area contributed by atoms with E-state index >= 15 is 0 Å². The van der Waals surface area contributed by atoms with E-state index in [4.69, 9.17) is 0 Å². The number of carbonyl (C=O) groups is 2. The van der Waals surface area contributed by atoms with Crippen LogP contribution in [0.1, 0.15) is 31.9 Å². The summed E-state index contributed by atoms with van der Waals surface area (Å²) >= 11 is 0. The molecule has 8 heteroatoms. The van der Waals surface area contributed by atoms with Crippen molar-refractivity contribution in [3.05, 3.63) is 30.5 Å². The van der Waals surface area contributed by atoms with Gasteiger partial charge in [0.25, 0.3) is 0 Å². The van der Waals surface area contributed by atoms with Gasteiger partial charge in [-0.25, -0.2) is 9.97 Å². The monoisotopic (exact) mass is 396 g/mol. The molecule has 2 aliphatic heterocycles. The summed E-state index contributed by atoms with van der Waals surface area (Å²) in [7, 11) is 1.94. The summed E-state index contributed by atoms with van der Waals surface area (Å²) in [6, 6.07) is 0. The number of imidazole rings is 1. The number of likely N-dealkylation sites (tertiary alicyclic amines) is 2. The molecular formula is C21H28N6O2. The SMILES string of the molecule is CC(=O)N1CCC(C(=O)N2CC[C@H](Cc3cnc(-c4nccn4C)cn3)C2)CC1. The van der Waals surface area contributed by atoms with Gasteiger partial charge < -0.3 is 14.4 Å². The number of carbonyl (C=O) groups excluding carboxylic acids is 2. The van der Waals surface area contributed by atoms with E-state index in [2.05, 4.69) is 15.0 Å². The number of amides is 2. The summed E-state index contributed by atoms with van der Waals surface area (Å²) in [6.45, 7) is 4.59. The molecule has 2 amide bonds. The van der Waals surface area contributed by atoms with Gasteiger partial charge in [0, 0.05) is 64.7 Å². The van der Waals surface area contributed by atoms with Crippen LogP contribution in [0.3, 0.4) is 0 Å². The van der Waals surface area contributed by atoms with Gasteiger partial charge >= 0.3 is 0 Å². The van der Waals surface area contributed by atoms with Crippen LogP contribution < -0.4 is 0 Å². The van der Waals surface area contributed by atoms with Crippen molar-refractivity contribution in [2.75, 3.05) is 26.2 Å². The quantitative estimate of drug-likeness (QED) is 0.782. The fourth-order valence-electron chi connectivity index (χ4n) is 4.38. The van der Waals surface area contributed by atoms with Gasteiger partial charge in [0.2, 0.25) is 11.8 Å². The molecule has 2 aromatic rings. The largest absolute Gasteiger partial charge is 0.343 e. The van der Waals surface area contributed by atoms with E-state index in [1.54, 1.807) is 19.3 Å². The summed E-state index contributed by atoms with van der Waals surface area (Å²) in [6.07, 6.45) is 10.6. The van der Waals surface area contributed by atoms with Gasteiger partial charge in [0.05, 0.1) is 11.9 Å². The maximum Gasteiger partial charge on any atom is 0.225 e. The van der Waals surface area contributed by atoms with Crippen molar-refractivity contribution < 1.29 is 9.59 Å². The van der Waals surface area contributed by atoms with Crippen LogP contribution in [0.4, 0.5) is 0 Å². The van der Waals surface area contributed by atoms with Gasteiger partial charge in [-0.2, -0.15) is 0 Å². The van der Waals surface area contributed by atoms with Gasteiger partial charge in [0.1, 0.15) is 5.69 Å². The van der Waals surface area contributed by atoms with Crippen molar-refractivity contribution in [2.45, 2.75) is 32.6 Å². The second-order valence-corrected chi connectivity index (χ2v) is 8.18. The molecule has 8 nitrogen and oxygen atoms in total. The Morgan fingerprint density at radius 2 is 1.79 bits per heavy atom. The summed E-state index contributed by atoms with van der Waals surface area (Å²) in [4.78, 5) is 41.6. The molecule has 0 radical (unpaired) electrons. The van der Waals surface area contributed by atoms with E-state index in [0.29, 0.717) is 19.0 Å². The van der Waals surface area contributed by atoms with Crippen LogP contribution in [0.5, 0.6) is 0 Å². The van der Waals surface area contributed by atoms with Crippen molar-refractivity contribution in [1.82, 2.24) is 29.3 Å². The number of rotatable bonds is 4. The van der Waals surface area contributed by atoms with Crippen LogP contribution in [0, 0.1) is 11.8 Å². The number of hydrogen-bond acceptors (Lipinski definition) is 5. The average Bonchev–Trinajstić information content (AvgIpc) is 3.37. The number of hydrogen-bond donors (Lipinski definition) is 0. The summed E-state index contributed by atoms with van der Waals surface area (Å²) < 4.78 is 1.92. The lowest BCUT2D eigenvalue weighted by atomic mass is 9.95. The topological polar surface area (TPSA) is 84.2 Å². The Balaban J connectivity index is 1.29. The molecule has 0 saturated carbocycles. The first kappa shape index (κ1) is 19.5. The van der Waals surface area contributed by atoms with E-state index in [1.165, 1.54) is 0 Å². The molecule has 2 fully saturated rings. The molecule has 1 atom stereocenters. The molecule has 0 bridgehead atoms. The third-order valence-electron chi connectivity index (χ3n) is 6.14. The van der Waals surface area contributed by atoms with Crippen molar-refractivity contribution in [1.29, 1.82) is 0 Å². The fraction of sp³-hybridized carbons (Fsp3) is 0.571. The molecule has 2 aliphatic rings. The van der Waals surface area contributed by atoms with E-state index in [-0.39, 0.29) is 17.7 Å². The molecule has 0 N–H and O–H groups in total. The van der Waals surface area contributed by atoms with Crippen LogP contribution in [-0.2, 0) is 23.1 Å². The van der Waals surface area contributed by atoms with Crippen LogP contribution in [-0.4, -0.2) is 67.3 Å². The normalized spacial score (nSPS) is 20.3. The Bertz CT molecular complexity index is 870. The zero-order valence-corrected chi connectivity index (χ0v) is 17.1. The minimum Gasteiger partial charge on any atom is -0.343 e. The van der Waals surface area contributed by atoms with E-state index < -0.39 is 0 Å². The Kier molecular flexibility index (Phi) is 5.60. The minimum atomic E-state index is 0.0567. The Morgan fingerprint density at radius 3 is 2.41 bits per heavy atom. The van der Waals surface area contributed by atoms with Crippen molar-refractivity contribution in [3.8, 4) is 11.5 Å². The third-order valence-corrected chi connectivity index (χ3v) is 6.14. The number of aromatic nitrogens is 4. The van der Waals surface area contributed by atoms with Crippen LogP contribution in [0.2, 0.25) is 0 Å². The van der Waals surface area contributed by atoms with E-state index in [1.807, 2.05) is 33.8 Å². The van der Waals surface area contributed by atoms with Gasteiger partial charge in [-0.1, -0.05) is 0 Å². The van der Waals surface area contributed by atoms with Gasteiger partial charge in [0.15, 0.2) is 5.82 Å². The van der Waals surface area contributed by atoms with Crippen molar-refractivity contribution >= 4 is 11.8 Å². The molecule has 29 heavy (non-hydrogen) atoms. The van der Waals surface area contributed by atoms with Crippen molar-refractivity contribution in [3.63, 3.8) is 0 Å². The predicted octanol–water partition coefficient (Wildman–Crippen LogP) is 1.53. The first-order chi connectivity index (χ1) is 14.0. The highest BCUT2D eigenvalue weighted by molar-refractivity contribution is 5.80. The highest BCUT2D eigenvalue weighted by Crippen LogP contribution is 2.26. The molecule has 4 heterocycles. The number of piperidine rings is 1. The zero-order chi connectivity index (χ0) is 20.4.